The van der Waals surface area contributed by atoms with Gasteiger partial charge in [0.15, 0.2) is 0 Å². The van der Waals surface area contributed by atoms with Crippen LogP contribution in [-0.2, 0) is 30.4 Å². The number of fused-ring (bicyclic) bond motifs is 1. The van der Waals surface area contributed by atoms with Gasteiger partial charge in [-0.3, -0.25) is 13.7 Å². The molecule has 0 saturated heterocycles. The van der Waals surface area contributed by atoms with Gasteiger partial charge in [-0.15, -0.1) is 0 Å². The Kier molecular flexibility index (Phi) is 10.2. The molecule has 138 valence electrons. The summed E-state index contributed by atoms with van der Waals surface area (Å²) in [5.74, 6) is 0. The van der Waals surface area contributed by atoms with Crippen LogP contribution in [0.2, 0.25) is 0 Å². The second-order valence-electron chi connectivity index (χ2n) is 5.11. The fourth-order valence-electron chi connectivity index (χ4n) is 2.52. The normalized spacial score (nSPS) is 12.1. The SMILES string of the molecule is C=C(C)c1c(S(=O)(=O)O)c(S(=O)(=O)O)c(S(=O)(=O)O)c2ccccc12.[K].[K]. The maximum Gasteiger partial charge on any atom is 0.297 e. The van der Waals surface area contributed by atoms with Gasteiger partial charge in [0.05, 0.1) is 0 Å². The van der Waals surface area contributed by atoms with Gasteiger partial charge in [-0.25, -0.2) is 0 Å². The van der Waals surface area contributed by atoms with E-state index in [1.807, 2.05) is 0 Å². The summed E-state index contributed by atoms with van der Waals surface area (Å²) in [6, 6.07) is 5.05. The van der Waals surface area contributed by atoms with E-state index in [1.54, 1.807) is 0 Å². The molecule has 0 aliphatic rings. The van der Waals surface area contributed by atoms with Crippen molar-refractivity contribution < 1.29 is 38.9 Å². The van der Waals surface area contributed by atoms with E-state index in [9.17, 15) is 38.9 Å². The van der Waals surface area contributed by atoms with E-state index in [2.05, 4.69) is 6.58 Å². The minimum absolute atomic E-state index is 0. The third-order valence-corrected chi connectivity index (χ3v) is 6.33. The van der Waals surface area contributed by atoms with E-state index >= 15 is 0 Å². The second-order valence-corrected chi connectivity index (χ2v) is 9.19. The molecule has 3 N–H and O–H groups in total. The first kappa shape index (κ1) is 28.4. The standard InChI is InChI=1S/C13H12O9S3.2K/c1-7(2)10-8-5-3-4-6-9(8)11(23(14,15)16)13(25(20,21)22)12(10)24(17,18)19;;/h3-6H,1H2,2H3,(H,14,15,16)(H,17,18,19)(H,20,21,22);;. The zero-order valence-corrected chi connectivity index (χ0v) is 23.2. The van der Waals surface area contributed by atoms with Crippen molar-refractivity contribution in [3.63, 3.8) is 0 Å². The molecule has 0 unspecified atom stereocenters. The van der Waals surface area contributed by atoms with Crippen LogP contribution >= 0.6 is 0 Å². The minimum atomic E-state index is -5.50. The van der Waals surface area contributed by atoms with Gasteiger partial charge in [-0.05, 0) is 17.9 Å². The molecule has 14 heteroatoms. The van der Waals surface area contributed by atoms with Crippen LogP contribution in [0.25, 0.3) is 16.3 Å². The predicted octanol–water partition coefficient (Wildman–Crippen LogP) is 0.851. The van der Waals surface area contributed by atoms with Gasteiger partial charge in [0.25, 0.3) is 30.4 Å². The van der Waals surface area contributed by atoms with Crippen LogP contribution in [-0.4, -0.2) is 142 Å². The average molecular weight is 487 g/mol. The van der Waals surface area contributed by atoms with E-state index in [-0.39, 0.29) is 119 Å². The fraction of sp³-hybridized carbons (Fsp3) is 0.0769. The van der Waals surface area contributed by atoms with E-state index in [1.165, 1.54) is 25.1 Å². The molecule has 0 spiro atoms. The molecule has 9 nitrogen and oxygen atoms in total. The van der Waals surface area contributed by atoms with Gasteiger partial charge in [0, 0.05) is 114 Å². The smallest absolute Gasteiger partial charge is 0.282 e. The number of rotatable bonds is 4. The quantitative estimate of drug-likeness (QED) is 0.420. The maximum absolute atomic E-state index is 11.8. The summed E-state index contributed by atoms with van der Waals surface area (Å²) in [7, 11) is -16.2. The van der Waals surface area contributed by atoms with Gasteiger partial charge in [0.2, 0.25) is 0 Å². The largest absolute Gasteiger partial charge is 0.297 e. The maximum atomic E-state index is 11.8. The molecule has 0 aliphatic heterocycles. The molecular formula is C13H12K2O9S3. The molecule has 0 amide bonds. The Bertz CT molecular complexity index is 1230. The summed E-state index contributed by atoms with van der Waals surface area (Å²) >= 11 is 0. The molecule has 0 atom stereocenters. The second kappa shape index (κ2) is 9.71. The first-order valence-electron chi connectivity index (χ1n) is 6.34. The zero-order valence-electron chi connectivity index (χ0n) is 14.5. The third kappa shape index (κ3) is 5.99. The van der Waals surface area contributed by atoms with Crippen molar-refractivity contribution in [2.24, 2.45) is 0 Å². The number of benzene rings is 2. The summed E-state index contributed by atoms with van der Waals surface area (Å²) in [5.41, 5.74) is -0.436. The van der Waals surface area contributed by atoms with E-state index < -0.39 is 50.6 Å². The summed E-state index contributed by atoms with van der Waals surface area (Å²) in [6.45, 7) is 4.79. The van der Waals surface area contributed by atoms with Crippen molar-refractivity contribution >= 4 is 149 Å². The van der Waals surface area contributed by atoms with Crippen molar-refractivity contribution in [3.05, 3.63) is 36.4 Å². The van der Waals surface area contributed by atoms with Crippen LogP contribution in [0.1, 0.15) is 12.5 Å². The van der Waals surface area contributed by atoms with Crippen molar-refractivity contribution in [1.29, 1.82) is 0 Å². The van der Waals surface area contributed by atoms with Gasteiger partial charge in [-0.2, -0.15) is 25.3 Å². The van der Waals surface area contributed by atoms with Crippen LogP contribution in [0.15, 0.2) is 45.5 Å². The topological polar surface area (TPSA) is 163 Å². The molecule has 2 radical (unpaired) electrons. The summed E-state index contributed by atoms with van der Waals surface area (Å²) in [5, 5.41) is -0.481. The predicted molar refractivity (Wildman–Crippen MR) is 99.6 cm³/mol. The average Bonchev–Trinajstić information content (AvgIpc) is 2.41. The zero-order chi connectivity index (χ0) is 19.4. The molecule has 2 aromatic carbocycles. The van der Waals surface area contributed by atoms with Crippen LogP contribution in [0.5, 0.6) is 0 Å². The van der Waals surface area contributed by atoms with Crippen LogP contribution in [0.3, 0.4) is 0 Å². The minimum Gasteiger partial charge on any atom is -0.282 e. The van der Waals surface area contributed by atoms with Gasteiger partial charge in [-0.1, -0.05) is 30.8 Å². The summed E-state index contributed by atoms with van der Waals surface area (Å²) < 4.78 is 99.0. The third-order valence-electron chi connectivity index (χ3n) is 3.28. The van der Waals surface area contributed by atoms with E-state index in [4.69, 9.17) is 0 Å². The number of allylic oxidation sites excluding steroid dienone is 1. The first-order chi connectivity index (χ1) is 11.2. The molecular weight excluding hydrogens is 475 g/mol. The number of hydrogen-bond donors (Lipinski definition) is 3. The van der Waals surface area contributed by atoms with Crippen LogP contribution in [0, 0.1) is 0 Å². The molecule has 0 aromatic heterocycles. The van der Waals surface area contributed by atoms with E-state index in [0.717, 1.165) is 6.07 Å². The Morgan fingerprint density at radius 2 is 1.11 bits per heavy atom. The van der Waals surface area contributed by atoms with E-state index in [0.29, 0.717) is 0 Å². The van der Waals surface area contributed by atoms with Crippen molar-refractivity contribution in [2.45, 2.75) is 21.6 Å². The Morgan fingerprint density at radius 1 is 0.741 bits per heavy atom. The van der Waals surface area contributed by atoms with Crippen LogP contribution < -0.4 is 0 Å². The van der Waals surface area contributed by atoms with Crippen molar-refractivity contribution in [2.75, 3.05) is 0 Å². The Morgan fingerprint density at radius 3 is 1.44 bits per heavy atom. The van der Waals surface area contributed by atoms with Gasteiger partial charge < -0.3 is 0 Å². The molecule has 2 rings (SSSR count). The Labute approximate surface area is 241 Å². The van der Waals surface area contributed by atoms with Gasteiger partial charge in [0.1, 0.15) is 14.7 Å². The van der Waals surface area contributed by atoms with Crippen LogP contribution in [0.4, 0.5) is 0 Å². The van der Waals surface area contributed by atoms with Crippen molar-refractivity contribution in [1.82, 2.24) is 0 Å². The van der Waals surface area contributed by atoms with Crippen molar-refractivity contribution in [3.8, 4) is 0 Å². The number of hydrogen-bond acceptors (Lipinski definition) is 6. The Hall–Kier alpha value is 1.44. The summed E-state index contributed by atoms with van der Waals surface area (Å²) in [4.78, 5) is -4.38. The summed E-state index contributed by atoms with van der Waals surface area (Å²) in [6.07, 6.45) is 0. The molecule has 27 heavy (non-hydrogen) atoms. The monoisotopic (exact) mass is 486 g/mol. The molecule has 0 aliphatic carbocycles. The first-order valence-corrected chi connectivity index (χ1v) is 10.7. The van der Waals surface area contributed by atoms with Gasteiger partial charge >= 0.3 is 0 Å². The fourth-order valence-corrected chi connectivity index (χ4v) is 6.20. The molecule has 0 bridgehead atoms. The Balaban J connectivity index is 0.00000338. The molecule has 0 saturated carbocycles. The molecule has 0 fully saturated rings. The molecule has 2 aromatic rings. The molecule has 0 heterocycles.